The van der Waals surface area contributed by atoms with Crippen molar-refractivity contribution in [2.75, 3.05) is 11.1 Å². The first kappa shape index (κ1) is 10.4. The van der Waals surface area contributed by atoms with E-state index >= 15 is 0 Å². The van der Waals surface area contributed by atoms with Crippen molar-refractivity contribution in [3.05, 3.63) is 5.56 Å². The third kappa shape index (κ3) is 1.79. The van der Waals surface area contributed by atoms with Crippen molar-refractivity contribution in [3.63, 3.8) is 0 Å². The van der Waals surface area contributed by atoms with Crippen LogP contribution < -0.4 is 11.1 Å². The molecular weight excluding hydrogens is 178 g/mol. The highest BCUT2D eigenvalue weighted by molar-refractivity contribution is 5.63. The summed E-state index contributed by atoms with van der Waals surface area (Å²) >= 11 is 0. The van der Waals surface area contributed by atoms with Crippen molar-refractivity contribution in [1.82, 2.24) is 9.78 Å². The molecule has 76 valence electrons. The fourth-order valence-corrected chi connectivity index (χ4v) is 1.20. The largest absolute Gasteiger partial charge is 0.383 e. The summed E-state index contributed by atoms with van der Waals surface area (Å²) in [4.78, 5) is 0. The fourth-order valence-electron chi connectivity index (χ4n) is 1.20. The molecule has 0 aliphatic rings. The summed E-state index contributed by atoms with van der Waals surface area (Å²) in [5.74, 6) is 1.00. The van der Waals surface area contributed by atoms with Gasteiger partial charge in [0.2, 0.25) is 0 Å². The van der Waals surface area contributed by atoms with Gasteiger partial charge in [0.05, 0.1) is 0 Å². The molecule has 0 spiro atoms. The number of nitrogen functional groups attached to an aromatic ring is 1. The van der Waals surface area contributed by atoms with E-state index in [9.17, 15) is 0 Å². The summed E-state index contributed by atoms with van der Waals surface area (Å²) in [6.45, 7) is 6.58. The van der Waals surface area contributed by atoms with Crippen LogP contribution in [0.25, 0.3) is 0 Å². The van der Waals surface area contributed by atoms with Crippen LogP contribution in [0.2, 0.25) is 0 Å². The van der Waals surface area contributed by atoms with Crippen LogP contribution in [0.15, 0.2) is 0 Å². The van der Waals surface area contributed by atoms with E-state index in [1.54, 1.807) is 4.68 Å². The molecule has 0 amide bonds. The lowest BCUT2D eigenvalue weighted by molar-refractivity contribution is 0.669. The minimum Gasteiger partial charge on any atom is -0.383 e. The van der Waals surface area contributed by atoms with Gasteiger partial charge in [0, 0.05) is 12.6 Å². The average molecular weight is 193 g/mol. The number of nitriles is 1. The van der Waals surface area contributed by atoms with Crippen molar-refractivity contribution in [1.29, 1.82) is 5.26 Å². The number of rotatable bonds is 3. The molecule has 1 rings (SSSR count). The second-order valence-corrected chi connectivity index (χ2v) is 3.34. The zero-order valence-corrected chi connectivity index (χ0v) is 8.70. The van der Waals surface area contributed by atoms with Crippen molar-refractivity contribution < 1.29 is 0 Å². The Balaban J connectivity index is 3.11. The van der Waals surface area contributed by atoms with Gasteiger partial charge in [-0.25, -0.2) is 4.68 Å². The van der Waals surface area contributed by atoms with Gasteiger partial charge in [0.25, 0.3) is 0 Å². The Kier molecular flexibility index (Phi) is 2.97. The maximum atomic E-state index is 8.90. The van der Waals surface area contributed by atoms with E-state index in [1.165, 1.54) is 0 Å². The molecule has 0 saturated carbocycles. The van der Waals surface area contributed by atoms with Crippen molar-refractivity contribution >= 4 is 11.6 Å². The predicted molar refractivity (Wildman–Crippen MR) is 55.8 cm³/mol. The maximum Gasteiger partial charge on any atom is 0.168 e. The number of hydrogen-bond donors (Lipinski definition) is 2. The van der Waals surface area contributed by atoms with E-state index in [0.29, 0.717) is 23.7 Å². The van der Waals surface area contributed by atoms with Crippen LogP contribution in [0.3, 0.4) is 0 Å². The minimum absolute atomic E-state index is 0.238. The van der Waals surface area contributed by atoms with E-state index in [4.69, 9.17) is 11.0 Å². The highest BCUT2D eigenvalue weighted by Crippen LogP contribution is 2.20. The van der Waals surface area contributed by atoms with Crippen LogP contribution in [-0.2, 0) is 6.54 Å². The van der Waals surface area contributed by atoms with Gasteiger partial charge in [-0.3, -0.25) is 0 Å². The van der Waals surface area contributed by atoms with Gasteiger partial charge < -0.3 is 11.1 Å². The molecule has 0 atom stereocenters. The molecule has 0 aliphatic carbocycles. The zero-order chi connectivity index (χ0) is 10.7. The van der Waals surface area contributed by atoms with Crippen LogP contribution in [0.4, 0.5) is 11.6 Å². The zero-order valence-electron chi connectivity index (χ0n) is 8.70. The van der Waals surface area contributed by atoms with Crippen molar-refractivity contribution in [2.45, 2.75) is 33.4 Å². The maximum absolute atomic E-state index is 8.90. The number of anilines is 2. The minimum atomic E-state index is 0.238. The van der Waals surface area contributed by atoms with Crippen LogP contribution >= 0.6 is 0 Å². The molecule has 14 heavy (non-hydrogen) atoms. The van der Waals surface area contributed by atoms with Gasteiger partial charge >= 0.3 is 0 Å². The van der Waals surface area contributed by atoms with Crippen molar-refractivity contribution in [3.8, 4) is 6.07 Å². The summed E-state index contributed by atoms with van der Waals surface area (Å²) in [7, 11) is 0. The molecule has 1 heterocycles. The number of nitrogens with two attached hydrogens (primary N) is 1. The second-order valence-electron chi connectivity index (χ2n) is 3.34. The van der Waals surface area contributed by atoms with Crippen molar-refractivity contribution in [2.24, 2.45) is 0 Å². The van der Waals surface area contributed by atoms with Gasteiger partial charge in [0.15, 0.2) is 5.82 Å². The first-order valence-corrected chi connectivity index (χ1v) is 4.63. The summed E-state index contributed by atoms with van der Waals surface area (Å²) in [5.41, 5.74) is 6.17. The van der Waals surface area contributed by atoms with E-state index < -0.39 is 0 Å². The summed E-state index contributed by atoms with van der Waals surface area (Å²) in [6.07, 6.45) is 0. The molecule has 0 unspecified atom stereocenters. The van der Waals surface area contributed by atoms with Gasteiger partial charge in [-0.15, -0.1) is 0 Å². The van der Waals surface area contributed by atoms with Crippen LogP contribution in [0.5, 0.6) is 0 Å². The average Bonchev–Trinajstić information content (AvgIpc) is 2.41. The topological polar surface area (TPSA) is 79.7 Å². The first-order chi connectivity index (χ1) is 6.60. The van der Waals surface area contributed by atoms with Crippen LogP contribution in [0, 0.1) is 11.3 Å². The Morgan fingerprint density at radius 1 is 1.64 bits per heavy atom. The van der Waals surface area contributed by atoms with Crippen LogP contribution in [0.1, 0.15) is 26.3 Å². The second kappa shape index (κ2) is 4.01. The molecule has 0 aromatic carbocycles. The highest BCUT2D eigenvalue weighted by Gasteiger charge is 2.14. The molecule has 3 N–H and O–H groups in total. The number of nitrogens with one attached hydrogen (secondary N) is 1. The molecule has 0 aliphatic heterocycles. The van der Waals surface area contributed by atoms with E-state index in [2.05, 4.69) is 16.5 Å². The molecule has 0 saturated heterocycles. The van der Waals surface area contributed by atoms with E-state index in [-0.39, 0.29) is 6.04 Å². The predicted octanol–water partition coefficient (Wildman–Crippen LogP) is 1.18. The van der Waals surface area contributed by atoms with E-state index in [1.807, 2.05) is 20.8 Å². The fraction of sp³-hybridized carbons (Fsp3) is 0.556. The lowest BCUT2D eigenvalue weighted by atomic mass is 10.3. The number of aromatic nitrogens is 2. The Morgan fingerprint density at radius 3 is 2.71 bits per heavy atom. The number of aryl methyl sites for hydroxylation is 1. The molecule has 0 fully saturated rings. The molecule has 5 nitrogen and oxygen atoms in total. The monoisotopic (exact) mass is 193 g/mol. The van der Waals surface area contributed by atoms with Gasteiger partial charge in [-0.05, 0) is 20.8 Å². The SMILES string of the molecule is CCn1nc(NC(C)C)c(C#N)c1N. The highest BCUT2D eigenvalue weighted by atomic mass is 15.3. The summed E-state index contributed by atoms with van der Waals surface area (Å²) in [5, 5.41) is 16.2. The Morgan fingerprint density at radius 2 is 2.29 bits per heavy atom. The number of hydrogen-bond acceptors (Lipinski definition) is 4. The molecule has 1 aromatic rings. The van der Waals surface area contributed by atoms with Gasteiger partial charge in [0.1, 0.15) is 17.5 Å². The van der Waals surface area contributed by atoms with Crippen LogP contribution in [-0.4, -0.2) is 15.8 Å². The summed E-state index contributed by atoms with van der Waals surface area (Å²) in [6, 6.07) is 2.29. The molecule has 5 heteroatoms. The molecule has 1 aromatic heterocycles. The Bertz CT molecular complexity index is 358. The Hall–Kier alpha value is -1.70. The van der Waals surface area contributed by atoms with E-state index in [0.717, 1.165) is 0 Å². The third-order valence-electron chi connectivity index (χ3n) is 1.83. The van der Waals surface area contributed by atoms with Gasteiger partial charge in [-0.1, -0.05) is 0 Å². The molecule has 0 bridgehead atoms. The standard InChI is InChI=1S/C9H15N5/c1-4-14-8(11)7(5-10)9(13-14)12-6(2)3/h6H,4,11H2,1-3H3,(H,12,13). The normalized spacial score (nSPS) is 10.2. The smallest absolute Gasteiger partial charge is 0.168 e. The van der Waals surface area contributed by atoms with Gasteiger partial charge in [-0.2, -0.15) is 10.4 Å². The first-order valence-electron chi connectivity index (χ1n) is 4.63. The summed E-state index contributed by atoms with van der Waals surface area (Å²) < 4.78 is 1.61. The molecular formula is C9H15N5. The third-order valence-corrected chi connectivity index (χ3v) is 1.83. The lowest BCUT2D eigenvalue weighted by Gasteiger charge is -2.05. The number of nitrogens with zero attached hydrogens (tertiary/aromatic N) is 3. The molecule has 0 radical (unpaired) electrons. The lowest BCUT2D eigenvalue weighted by Crippen LogP contribution is -2.11. The Labute approximate surface area is 83.5 Å². The quantitative estimate of drug-likeness (QED) is 0.755.